The summed E-state index contributed by atoms with van der Waals surface area (Å²) in [5.74, 6) is 0.522. The molecule has 2 N–H and O–H groups in total. The zero-order valence-corrected chi connectivity index (χ0v) is 15.6. The molecule has 2 rings (SSSR count). The number of aromatic nitrogens is 1. The third kappa shape index (κ3) is 6.50. The van der Waals surface area contributed by atoms with Gasteiger partial charge in [-0.05, 0) is 38.5 Å². The molecule has 6 nitrogen and oxygen atoms in total. The molecule has 0 spiro atoms. The molecule has 27 heavy (non-hydrogen) atoms. The Hall–Kier alpha value is -2.71. The molecule has 1 heterocycles. The predicted octanol–water partition coefficient (Wildman–Crippen LogP) is 3.74. The largest absolute Gasteiger partial charge is 0.488 e. The van der Waals surface area contributed by atoms with E-state index in [0.717, 1.165) is 6.07 Å². The molecule has 9 heteroatoms. The van der Waals surface area contributed by atoms with Crippen molar-refractivity contribution in [3.63, 3.8) is 0 Å². The first kappa shape index (κ1) is 20.6. The first-order chi connectivity index (χ1) is 12.6. The van der Waals surface area contributed by atoms with Crippen molar-refractivity contribution in [1.82, 2.24) is 15.8 Å². The van der Waals surface area contributed by atoms with Crippen molar-refractivity contribution < 1.29 is 22.4 Å². The quantitative estimate of drug-likeness (QED) is 0.607. The van der Waals surface area contributed by atoms with E-state index in [-0.39, 0.29) is 17.9 Å². The molecule has 148 valence electrons. The molecule has 0 atom stereocenters. The predicted molar refractivity (Wildman–Crippen MR) is 95.4 cm³/mol. The second-order valence-corrected chi connectivity index (χ2v) is 6.80. The van der Waals surface area contributed by atoms with Crippen molar-refractivity contribution >= 4 is 5.96 Å². The van der Waals surface area contributed by atoms with Crippen molar-refractivity contribution in [3.05, 3.63) is 47.3 Å². The topological polar surface area (TPSA) is 71.7 Å². The summed E-state index contributed by atoms with van der Waals surface area (Å²) < 4.78 is 50.6. The molecule has 0 saturated heterocycles. The van der Waals surface area contributed by atoms with Gasteiger partial charge < -0.3 is 19.9 Å². The van der Waals surface area contributed by atoms with Crippen LogP contribution in [0.25, 0.3) is 0 Å². The number of nitrogens with one attached hydrogen (secondary N) is 2. The highest BCUT2D eigenvalue weighted by Gasteiger charge is 2.34. The molecular weight excluding hydrogens is 361 g/mol. The van der Waals surface area contributed by atoms with E-state index in [4.69, 9.17) is 9.26 Å². The van der Waals surface area contributed by atoms with E-state index in [2.05, 4.69) is 20.8 Å². The second-order valence-electron chi connectivity index (χ2n) is 6.80. The number of ether oxygens (including phenoxy) is 1. The van der Waals surface area contributed by atoms with Gasteiger partial charge in [-0.25, -0.2) is 0 Å². The number of benzene rings is 1. The number of hydrogen-bond donors (Lipinski definition) is 2. The van der Waals surface area contributed by atoms with Crippen molar-refractivity contribution in [2.75, 3.05) is 7.05 Å². The lowest BCUT2D eigenvalue weighted by Gasteiger charge is -2.23. The van der Waals surface area contributed by atoms with Gasteiger partial charge in [-0.3, -0.25) is 4.99 Å². The summed E-state index contributed by atoms with van der Waals surface area (Å²) in [6.07, 6.45) is -3.06. The average Bonchev–Trinajstić information content (AvgIpc) is 3.07. The first-order valence-electron chi connectivity index (χ1n) is 8.31. The summed E-state index contributed by atoms with van der Waals surface area (Å²) in [6.45, 7) is 5.62. The Kier molecular flexibility index (Phi) is 6.35. The molecular formula is C18H23F3N4O2. The van der Waals surface area contributed by atoms with Crippen molar-refractivity contribution in [2.45, 2.75) is 45.6 Å². The lowest BCUT2D eigenvalue weighted by molar-refractivity contribution is -0.138. The third-order valence-electron chi connectivity index (χ3n) is 3.41. The highest BCUT2D eigenvalue weighted by molar-refractivity contribution is 5.79. The van der Waals surface area contributed by atoms with Crippen LogP contribution in [0.2, 0.25) is 0 Å². The van der Waals surface area contributed by atoms with Crippen LogP contribution in [0.3, 0.4) is 0 Å². The Morgan fingerprint density at radius 3 is 2.41 bits per heavy atom. The van der Waals surface area contributed by atoms with Crippen LogP contribution in [0, 0.1) is 0 Å². The van der Waals surface area contributed by atoms with Gasteiger partial charge in [0.2, 0.25) is 0 Å². The van der Waals surface area contributed by atoms with Crippen LogP contribution in [0.5, 0.6) is 5.75 Å². The Bertz CT molecular complexity index is 766. The minimum absolute atomic E-state index is 0.0525. The van der Waals surface area contributed by atoms with Crippen LogP contribution in [-0.2, 0) is 19.3 Å². The van der Waals surface area contributed by atoms with Gasteiger partial charge in [-0.1, -0.05) is 11.2 Å². The van der Waals surface area contributed by atoms with Gasteiger partial charge in [0.15, 0.2) is 5.96 Å². The summed E-state index contributed by atoms with van der Waals surface area (Å²) >= 11 is 0. The van der Waals surface area contributed by atoms with E-state index in [9.17, 15) is 13.2 Å². The van der Waals surface area contributed by atoms with E-state index >= 15 is 0 Å². The van der Waals surface area contributed by atoms with Gasteiger partial charge in [0.1, 0.15) is 23.3 Å². The molecule has 0 aliphatic heterocycles. The Labute approximate surface area is 155 Å². The number of hydrogen-bond acceptors (Lipinski definition) is 4. The van der Waals surface area contributed by atoms with Crippen LogP contribution < -0.4 is 15.4 Å². The summed E-state index contributed by atoms with van der Waals surface area (Å²) in [6, 6.07) is 5.63. The van der Waals surface area contributed by atoms with Crippen molar-refractivity contribution in [1.29, 1.82) is 0 Å². The van der Waals surface area contributed by atoms with Crippen molar-refractivity contribution in [2.24, 2.45) is 4.99 Å². The van der Waals surface area contributed by atoms with E-state index < -0.39 is 17.3 Å². The fraction of sp³-hybridized carbons (Fsp3) is 0.444. The van der Waals surface area contributed by atoms with Crippen LogP contribution in [0.1, 0.15) is 37.6 Å². The Morgan fingerprint density at radius 2 is 1.85 bits per heavy atom. The molecule has 0 saturated carbocycles. The number of nitrogens with zero attached hydrogens (tertiary/aromatic N) is 2. The zero-order valence-electron chi connectivity index (χ0n) is 15.6. The molecule has 0 fully saturated rings. The first-order valence-corrected chi connectivity index (χ1v) is 8.31. The highest BCUT2D eigenvalue weighted by atomic mass is 19.4. The number of rotatable bonds is 5. The monoisotopic (exact) mass is 384 g/mol. The van der Waals surface area contributed by atoms with Gasteiger partial charge >= 0.3 is 6.18 Å². The van der Waals surface area contributed by atoms with Gasteiger partial charge in [0.05, 0.1) is 12.1 Å². The van der Waals surface area contributed by atoms with Gasteiger partial charge in [0, 0.05) is 19.7 Å². The van der Waals surface area contributed by atoms with E-state index in [1.54, 1.807) is 26.8 Å². The highest BCUT2D eigenvalue weighted by Crippen LogP contribution is 2.35. The van der Waals surface area contributed by atoms with Gasteiger partial charge in [-0.15, -0.1) is 0 Å². The molecule has 1 aromatic heterocycles. The number of halogens is 3. The maximum Gasteiger partial charge on any atom is 0.416 e. The molecule has 0 amide bonds. The molecule has 0 radical (unpaired) electrons. The van der Waals surface area contributed by atoms with Crippen LogP contribution in [0.15, 0.2) is 40.0 Å². The minimum atomic E-state index is -4.49. The van der Waals surface area contributed by atoms with Crippen molar-refractivity contribution in [3.8, 4) is 5.75 Å². The molecule has 0 aliphatic carbocycles. The standard InChI is InChI=1S/C18H23F3N4O2/c1-17(2,3)27-14-6-5-12(15(9-14)18(19,20)21)10-23-16(22-4)24-11-13-7-8-26-25-13/h5-9H,10-11H2,1-4H3,(H2,22,23,24). The van der Waals surface area contributed by atoms with Gasteiger partial charge in [0.25, 0.3) is 0 Å². The third-order valence-corrected chi connectivity index (χ3v) is 3.41. The van der Waals surface area contributed by atoms with Crippen LogP contribution in [-0.4, -0.2) is 23.8 Å². The molecule has 0 unspecified atom stereocenters. The number of aliphatic imine (C=N–C) groups is 1. The zero-order chi connectivity index (χ0) is 20.1. The Morgan fingerprint density at radius 1 is 1.15 bits per heavy atom. The molecule has 0 bridgehead atoms. The minimum Gasteiger partial charge on any atom is -0.488 e. The Balaban J connectivity index is 2.09. The van der Waals surface area contributed by atoms with E-state index in [1.165, 1.54) is 25.4 Å². The second kappa shape index (κ2) is 8.32. The van der Waals surface area contributed by atoms with E-state index in [0.29, 0.717) is 18.2 Å². The molecule has 2 aromatic rings. The lowest BCUT2D eigenvalue weighted by Crippen LogP contribution is -2.36. The van der Waals surface area contributed by atoms with Crippen LogP contribution >= 0.6 is 0 Å². The molecule has 1 aromatic carbocycles. The fourth-order valence-corrected chi connectivity index (χ4v) is 2.29. The summed E-state index contributed by atoms with van der Waals surface area (Å²) in [5, 5.41) is 9.56. The molecule has 0 aliphatic rings. The summed E-state index contributed by atoms with van der Waals surface area (Å²) in [7, 11) is 1.53. The number of alkyl halides is 3. The fourth-order valence-electron chi connectivity index (χ4n) is 2.29. The smallest absolute Gasteiger partial charge is 0.416 e. The maximum atomic E-state index is 13.5. The van der Waals surface area contributed by atoms with E-state index in [1.807, 2.05) is 0 Å². The van der Waals surface area contributed by atoms with Gasteiger partial charge in [-0.2, -0.15) is 13.2 Å². The summed E-state index contributed by atoms with van der Waals surface area (Å²) in [5.41, 5.74) is -0.593. The maximum absolute atomic E-state index is 13.5. The lowest BCUT2D eigenvalue weighted by atomic mass is 10.1. The normalized spacial score (nSPS) is 12.8. The number of guanidine groups is 1. The van der Waals surface area contributed by atoms with Crippen LogP contribution in [0.4, 0.5) is 13.2 Å². The SMILES string of the molecule is CN=C(NCc1ccon1)NCc1ccc(OC(C)(C)C)cc1C(F)(F)F. The average molecular weight is 384 g/mol. The summed E-state index contributed by atoms with van der Waals surface area (Å²) in [4.78, 5) is 3.99.